The minimum absolute atomic E-state index is 0. The van der Waals surface area contributed by atoms with Gasteiger partial charge in [-0.1, -0.05) is 46.0 Å². The van der Waals surface area contributed by atoms with Gasteiger partial charge in [-0.25, -0.2) is 0 Å². The van der Waals surface area contributed by atoms with E-state index in [0.29, 0.717) is 0 Å². The molecule has 0 aromatic rings. The van der Waals surface area contributed by atoms with E-state index >= 15 is 0 Å². The Hall–Kier alpha value is 1.27. The Kier molecular flexibility index (Phi) is 14.6. The molecule has 3 heteroatoms. The average molecular weight is 209 g/mol. The molecule has 1 rings (SSSR count). The van der Waals surface area contributed by atoms with E-state index in [2.05, 4.69) is 0 Å². The quantitative estimate of drug-likeness (QED) is 0.450. The van der Waals surface area contributed by atoms with Gasteiger partial charge in [-0.15, -0.1) is 6.04 Å². The van der Waals surface area contributed by atoms with Crippen LogP contribution < -0.4 is 51.4 Å². The van der Waals surface area contributed by atoms with Gasteiger partial charge in [0.15, 0.2) is 0 Å². The summed E-state index contributed by atoms with van der Waals surface area (Å²) in [5.74, 6) is 0.204. The second-order valence-corrected chi connectivity index (χ2v) is 3.72. The van der Waals surface area contributed by atoms with Crippen molar-refractivity contribution in [2.45, 2.75) is 52.0 Å². The summed E-state index contributed by atoms with van der Waals surface area (Å²) in [7, 11) is 0. The van der Waals surface area contributed by atoms with Crippen molar-refractivity contribution in [1.29, 1.82) is 0 Å². The van der Waals surface area contributed by atoms with Gasteiger partial charge in [0.1, 0.15) is 6.29 Å². The molecule has 0 saturated heterocycles. The van der Waals surface area contributed by atoms with Crippen LogP contribution in [0.5, 0.6) is 0 Å². The molecule has 2 nitrogen and oxygen atoms in total. The summed E-state index contributed by atoms with van der Waals surface area (Å²) in [6, 6.07) is 0.286. The Labute approximate surface area is 124 Å². The van der Waals surface area contributed by atoms with Crippen LogP contribution in [0, 0.1) is 5.92 Å². The second-order valence-electron chi connectivity index (χ2n) is 3.72. The van der Waals surface area contributed by atoms with Crippen molar-refractivity contribution in [3.05, 3.63) is 5.73 Å². The van der Waals surface area contributed by atoms with Crippen molar-refractivity contribution in [3.8, 4) is 0 Å². The van der Waals surface area contributed by atoms with Gasteiger partial charge in [-0.3, -0.25) is 0 Å². The molecule has 1 aliphatic carbocycles. The molecule has 0 heterocycles. The number of hydrogen-bond acceptors (Lipinski definition) is 1. The van der Waals surface area contributed by atoms with Crippen LogP contribution in [-0.4, -0.2) is 12.3 Å². The predicted molar refractivity (Wildman–Crippen MR) is 52.1 cm³/mol. The number of rotatable bonds is 1. The van der Waals surface area contributed by atoms with Crippen molar-refractivity contribution >= 4 is 6.29 Å². The van der Waals surface area contributed by atoms with Crippen LogP contribution in [0.25, 0.3) is 5.73 Å². The molecule has 72 valence electrons. The smallest absolute Gasteiger partial charge is 0.675 e. The van der Waals surface area contributed by atoms with Gasteiger partial charge in [0.25, 0.3) is 0 Å². The van der Waals surface area contributed by atoms with Crippen LogP contribution in [0.3, 0.4) is 0 Å². The first-order chi connectivity index (χ1) is 5.66. The zero-order valence-electron chi connectivity index (χ0n) is 9.18. The number of aldehydes is 1. The van der Waals surface area contributed by atoms with E-state index in [9.17, 15) is 4.79 Å². The minimum atomic E-state index is 0. The minimum Gasteiger partial charge on any atom is -0.675 e. The third kappa shape index (κ3) is 13.3. The molecule has 0 unspecified atom stereocenters. The Bertz CT molecular complexity index is 111. The molecule has 0 aliphatic heterocycles. The van der Waals surface area contributed by atoms with Gasteiger partial charge in [0.2, 0.25) is 0 Å². The fourth-order valence-corrected chi connectivity index (χ4v) is 1.10. The molecule has 1 fully saturated rings. The van der Waals surface area contributed by atoms with Crippen LogP contribution in [0.2, 0.25) is 0 Å². The first kappa shape index (κ1) is 16.7. The largest absolute Gasteiger partial charge is 1.00 e. The van der Waals surface area contributed by atoms with Gasteiger partial charge in [-0.2, -0.15) is 0 Å². The van der Waals surface area contributed by atoms with Crippen molar-refractivity contribution < 1.29 is 56.2 Å². The Balaban J connectivity index is 0. The maximum Gasteiger partial charge on any atom is 1.00 e. The van der Waals surface area contributed by atoms with Gasteiger partial charge in [-0.05, 0) is 0 Å². The van der Waals surface area contributed by atoms with E-state index in [1.54, 1.807) is 0 Å². The molecule has 1 aliphatic rings. The van der Waals surface area contributed by atoms with E-state index < -0.39 is 0 Å². The Morgan fingerprint density at radius 3 is 1.77 bits per heavy atom. The monoisotopic (exact) mass is 209 g/mol. The van der Waals surface area contributed by atoms with Gasteiger partial charge < -0.3 is 10.5 Å². The fraction of sp³-hybridized carbons (Fsp3) is 0.900. The predicted octanol–water partition coefficient (Wildman–Crippen LogP) is 0.217. The second kappa shape index (κ2) is 11.3. The summed E-state index contributed by atoms with van der Waals surface area (Å²) >= 11 is 0. The zero-order chi connectivity index (χ0) is 9.40. The molecule has 0 amide bonds. The molecule has 1 saturated carbocycles. The Morgan fingerprint density at radius 2 is 1.62 bits per heavy atom. The van der Waals surface area contributed by atoms with Crippen LogP contribution >= 0.6 is 0 Å². The summed E-state index contributed by atoms with van der Waals surface area (Å²) in [6.45, 7) is 3.71. The SMILES string of the molecule is CC(C)C=O.[K+].[NH-]C1CCCCC1. The standard InChI is InChI=1S/C6H12N.C4H8O.K/c7-6-4-2-1-3-5-6;1-4(2)3-5;/h6-7H,1-5H2;3-4H,1-2H3;/q-1;;+1. The van der Waals surface area contributed by atoms with Crippen molar-refractivity contribution in [2.75, 3.05) is 0 Å². The van der Waals surface area contributed by atoms with E-state index in [1.807, 2.05) is 13.8 Å². The van der Waals surface area contributed by atoms with E-state index in [0.717, 1.165) is 19.1 Å². The summed E-state index contributed by atoms with van der Waals surface area (Å²) in [4.78, 5) is 9.50. The van der Waals surface area contributed by atoms with E-state index in [1.165, 1.54) is 19.3 Å². The molecule has 0 aromatic carbocycles. The molecular weight excluding hydrogens is 189 g/mol. The number of carbonyl (C=O) groups excluding carboxylic acids is 1. The normalized spacial score (nSPS) is 16.9. The molecule has 1 N–H and O–H groups in total. The maximum absolute atomic E-state index is 9.50. The summed E-state index contributed by atoms with van der Waals surface area (Å²) in [6.07, 6.45) is 7.19. The molecular formula is C10H20KNO. The van der Waals surface area contributed by atoms with Crippen molar-refractivity contribution in [1.82, 2.24) is 0 Å². The van der Waals surface area contributed by atoms with E-state index in [4.69, 9.17) is 5.73 Å². The van der Waals surface area contributed by atoms with Crippen LogP contribution in [0.4, 0.5) is 0 Å². The first-order valence-corrected chi connectivity index (χ1v) is 4.83. The van der Waals surface area contributed by atoms with Crippen LogP contribution in [0.15, 0.2) is 0 Å². The number of nitrogens with one attached hydrogen (secondary N) is 1. The Morgan fingerprint density at radius 1 is 1.23 bits per heavy atom. The van der Waals surface area contributed by atoms with Gasteiger partial charge in [0.05, 0.1) is 0 Å². The van der Waals surface area contributed by atoms with Crippen LogP contribution in [0.1, 0.15) is 46.0 Å². The number of carbonyl (C=O) groups is 1. The van der Waals surface area contributed by atoms with Crippen molar-refractivity contribution in [2.24, 2.45) is 5.92 Å². The van der Waals surface area contributed by atoms with Crippen molar-refractivity contribution in [3.63, 3.8) is 0 Å². The molecule has 0 atom stereocenters. The fourth-order valence-electron chi connectivity index (χ4n) is 1.10. The van der Waals surface area contributed by atoms with Gasteiger partial charge >= 0.3 is 51.4 Å². The maximum atomic E-state index is 9.50. The van der Waals surface area contributed by atoms with Crippen LogP contribution in [-0.2, 0) is 4.79 Å². The third-order valence-corrected chi connectivity index (χ3v) is 1.88. The number of hydrogen-bond donors (Lipinski definition) is 0. The van der Waals surface area contributed by atoms with E-state index in [-0.39, 0.29) is 63.3 Å². The molecule has 0 aromatic heterocycles. The third-order valence-electron chi connectivity index (χ3n) is 1.88. The molecule has 13 heavy (non-hydrogen) atoms. The summed E-state index contributed by atoms with van der Waals surface area (Å²) < 4.78 is 0. The zero-order valence-corrected chi connectivity index (χ0v) is 12.3. The summed E-state index contributed by atoms with van der Waals surface area (Å²) in [5.41, 5.74) is 7.27. The molecule has 0 radical (unpaired) electrons. The first-order valence-electron chi connectivity index (χ1n) is 4.83. The molecule has 0 bridgehead atoms. The molecule has 0 spiro atoms. The average Bonchev–Trinajstić information content (AvgIpc) is 2.07. The topological polar surface area (TPSA) is 40.9 Å². The van der Waals surface area contributed by atoms with Gasteiger partial charge in [0, 0.05) is 5.92 Å². The summed E-state index contributed by atoms with van der Waals surface area (Å²) in [5, 5.41) is 0.